The summed E-state index contributed by atoms with van der Waals surface area (Å²) < 4.78 is 0. The normalized spacial score (nSPS) is 18.9. The molecule has 6 heteroatoms. The van der Waals surface area contributed by atoms with Crippen LogP contribution in [0.2, 0.25) is 0 Å². The molecule has 2 aliphatic heterocycles. The van der Waals surface area contributed by atoms with Crippen molar-refractivity contribution in [3.05, 3.63) is 69.4 Å². The fourth-order valence-corrected chi connectivity index (χ4v) is 3.76. The topological polar surface area (TPSA) is 88.9 Å². The summed E-state index contributed by atoms with van der Waals surface area (Å²) in [7, 11) is 0. The first-order valence-electron chi connectivity index (χ1n) is 6.98. The third-order valence-electron chi connectivity index (χ3n) is 4.09. The van der Waals surface area contributed by atoms with Crippen LogP contribution in [-0.2, 0) is 0 Å². The highest BCUT2D eigenvalue weighted by Gasteiger charge is 2.40. The summed E-state index contributed by atoms with van der Waals surface area (Å²) in [5.41, 5.74) is 9.86. The average Bonchev–Trinajstić information content (AvgIpc) is 3.22. The lowest BCUT2D eigenvalue weighted by Crippen LogP contribution is -2.34. The zero-order valence-electron chi connectivity index (χ0n) is 11.9. The molecular formula is C17H11N5S. The van der Waals surface area contributed by atoms with Crippen molar-refractivity contribution >= 4 is 22.7 Å². The smallest absolute Gasteiger partial charge is 0.131 e. The zero-order valence-corrected chi connectivity index (χ0v) is 12.8. The molecule has 1 aromatic carbocycles. The van der Waals surface area contributed by atoms with Crippen molar-refractivity contribution in [1.82, 2.24) is 0 Å². The number of benzene rings is 1. The van der Waals surface area contributed by atoms with Crippen LogP contribution in [0.15, 0.2) is 63.9 Å². The molecule has 2 aromatic rings. The molecule has 3 N–H and O–H groups in total. The van der Waals surface area contributed by atoms with E-state index in [0.29, 0.717) is 22.8 Å². The van der Waals surface area contributed by atoms with Gasteiger partial charge in [-0.2, -0.15) is 21.9 Å². The summed E-state index contributed by atoms with van der Waals surface area (Å²) in [6, 6.07) is 14.1. The minimum Gasteiger partial charge on any atom is -0.384 e. The van der Waals surface area contributed by atoms with Crippen molar-refractivity contribution in [3.8, 4) is 12.1 Å². The predicted octanol–water partition coefficient (Wildman–Crippen LogP) is 3.21. The molecular weight excluding hydrogens is 306 g/mol. The van der Waals surface area contributed by atoms with Crippen molar-refractivity contribution in [1.29, 1.82) is 10.5 Å². The van der Waals surface area contributed by atoms with Crippen LogP contribution >= 0.6 is 11.3 Å². The summed E-state index contributed by atoms with van der Waals surface area (Å²) in [5.74, 6) is 0.584. The number of nitrogens with zero attached hydrogens (tertiary/aromatic N) is 3. The second-order valence-corrected chi connectivity index (χ2v) is 6.03. The number of anilines is 2. The fourth-order valence-electron chi connectivity index (χ4n) is 3.08. The Morgan fingerprint density at radius 1 is 1.13 bits per heavy atom. The van der Waals surface area contributed by atoms with Gasteiger partial charge in [-0.25, -0.2) is 0 Å². The predicted molar refractivity (Wildman–Crippen MR) is 89.1 cm³/mol. The van der Waals surface area contributed by atoms with E-state index in [-0.39, 0.29) is 0 Å². The van der Waals surface area contributed by atoms with Crippen LogP contribution in [-0.4, -0.2) is 0 Å². The number of para-hydroxylation sites is 2. The van der Waals surface area contributed by atoms with Gasteiger partial charge in [-0.3, -0.25) is 4.90 Å². The van der Waals surface area contributed by atoms with Gasteiger partial charge in [0, 0.05) is 0 Å². The summed E-state index contributed by atoms with van der Waals surface area (Å²) in [6.45, 7) is 0. The Morgan fingerprint density at radius 3 is 2.61 bits per heavy atom. The van der Waals surface area contributed by atoms with Crippen LogP contribution in [0.5, 0.6) is 0 Å². The molecule has 0 bridgehead atoms. The molecule has 0 unspecified atom stereocenters. The number of hydrogen-bond donors (Lipinski definition) is 2. The fraction of sp³-hybridized carbons (Fsp3) is 0.0588. The highest BCUT2D eigenvalue weighted by Crippen LogP contribution is 2.47. The molecule has 0 fully saturated rings. The first kappa shape index (κ1) is 13.4. The molecule has 110 valence electrons. The Hall–Kier alpha value is -3.22. The molecule has 4 rings (SSSR count). The lowest BCUT2D eigenvalue weighted by molar-refractivity contribution is 0.872. The van der Waals surface area contributed by atoms with Gasteiger partial charge < -0.3 is 11.1 Å². The summed E-state index contributed by atoms with van der Waals surface area (Å²) in [5, 5.41) is 26.5. The van der Waals surface area contributed by atoms with E-state index in [1.165, 1.54) is 11.3 Å². The van der Waals surface area contributed by atoms with Gasteiger partial charge in [0.15, 0.2) is 0 Å². The van der Waals surface area contributed by atoms with Crippen molar-refractivity contribution < 1.29 is 0 Å². The third-order valence-corrected chi connectivity index (χ3v) is 4.79. The van der Waals surface area contributed by atoms with Crippen LogP contribution in [0.1, 0.15) is 11.5 Å². The first-order valence-corrected chi connectivity index (χ1v) is 7.92. The van der Waals surface area contributed by atoms with Gasteiger partial charge >= 0.3 is 0 Å². The van der Waals surface area contributed by atoms with E-state index in [0.717, 1.165) is 16.9 Å². The largest absolute Gasteiger partial charge is 0.384 e. The van der Waals surface area contributed by atoms with Crippen molar-refractivity contribution in [2.45, 2.75) is 5.92 Å². The minimum atomic E-state index is -0.427. The second kappa shape index (κ2) is 4.91. The Balaban J connectivity index is 1.99. The molecule has 0 saturated carbocycles. The summed E-state index contributed by atoms with van der Waals surface area (Å²) in [4.78, 5) is 1.76. The first-order chi connectivity index (χ1) is 11.3. The van der Waals surface area contributed by atoms with Gasteiger partial charge in [-0.1, -0.05) is 12.1 Å². The van der Waals surface area contributed by atoms with Gasteiger partial charge in [0.1, 0.15) is 11.6 Å². The maximum absolute atomic E-state index is 9.74. The Labute approximate surface area is 137 Å². The standard InChI is InChI=1S/C17H11N5S/c18-7-11-15(10-5-6-23-9-10)12(8-19)17-21-13-3-1-2-4-14(13)22(17)16(11)20/h1-6,9,15,21H,20H2/t15-/m1/s1. The number of nitrogens with one attached hydrogen (secondary N) is 1. The average molecular weight is 317 g/mol. The van der Waals surface area contributed by atoms with Gasteiger partial charge in [0.25, 0.3) is 0 Å². The number of nitriles is 2. The second-order valence-electron chi connectivity index (χ2n) is 5.25. The van der Waals surface area contributed by atoms with E-state index in [1.54, 1.807) is 4.90 Å². The van der Waals surface area contributed by atoms with E-state index >= 15 is 0 Å². The molecule has 2 aliphatic rings. The minimum absolute atomic E-state index is 0.371. The molecule has 0 radical (unpaired) electrons. The molecule has 0 spiro atoms. The van der Waals surface area contributed by atoms with Crippen LogP contribution < -0.4 is 16.0 Å². The lowest BCUT2D eigenvalue weighted by atomic mass is 9.84. The highest BCUT2D eigenvalue weighted by molar-refractivity contribution is 7.08. The number of rotatable bonds is 1. The van der Waals surface area contributed by atoms with E-state index in [9.17, 15) is 10.5 Å². The Kier molecular flexibility index (Phi) is 2.87. The van der Waals surface area contributed by atoms with Crippen molar-refractivity contribution in [2.75, 3.05) is 10.2 Å². The van der Waals surface area contributed by atoms with Crippen molar-refractivity contribution in [2.24, 2.45) is 5.73 Å². The molecule has 0 saturated heterocycles. The van der Waals surface area contributed by atoms with Gasteiger partial charge in [0.2, 0.25) is 0 Å². The Morgan fingerprint density at radius 2 is 1.91 bits per heavy atom. The van der Waals surface area contributed by atoms with E-state index in [1.807, 2.05) is 41.1 Å². The van der Waals surface area contributed by atoms with Crippen LogP contribution in [0.4, 0.5) is 11.4 Å². The number of fused-ring (bicyclic) bond motifs is 3. The summed E-state index contributed by atoms with van der Waals surface area (Å²) >= 11 is 1.53. The number of thiophene rings is 1. The van der Waals surface area contributed by atoms with E-state index in [4.69, 9.17) is 5.73 Å². The highest BCUT2D eigenvalue weighted by atomic mass is 32.1. The maximum atomic E-state index is 9.74. The van der Waals surface area contributed by atoms with Crippen molar-refractivity contribution in [3.63, 3.8) is 0 Å². The maximum Gasteiger partial charge on any atom is 0.131 e. The lowest BCUT2D eigenvalue weighted by Gasteiger charge is -2.31. The van der Waals surface area contributed by atoms with Crippen LogP contribution in [0, 0.1) is 22.7 Å². The molecule has 0 amide bonds. The number of nitrogens with two attached hydrogens (primary N) is 1. The monoisotopic (exact) mass is 317 g/mol. The zero-order chi connectivity index (χ0) is 16.0. The molecule has 1 atom stereocenters. The molecule has 23 heavy (non-hydrogen) atoms. The van der Waals surface area contributed by atoms with E-state index in [2.05, 4.69) is 17.5 Å². The van der Waals surface area contributed by atoms with Gasteiger partial charge in [0.05, 0.1) is 40.6 Å². The quantitative estimate of drug-likeness (QED) is 0.843. The molecule has 1 aromatic heterocycles. The Bertz CT molecular complexity index is 940. The van der Waals surface area contributed by atoms with E-state index < -0.39 is 5.92 Å². The van der Waals surface area contributed by atoms with Crippen LogP contribution in [0.3, 0.4) is 0 Å². The van der Waals surface area contributed by atoms with Gasteiger partial charge in [-0.15, -0.1) is 0 Å². The molecule has 0 aliphatic carbocycles. The van der Waals surface area contributed by atoms with Gasteiger partial charge in [-0.05, 0) is 34.5 Å². The van der Waals surface area contributed by atoms with Crippen LogP contribution in [0.25, 0.3) is 0 Å². The number of allylic oxidation sites excluding steroid dienone is 2. The molecule has 5 nitrogen and oxygen atoms in total. The summed E-state index contributed by atoms with van der Waals surface area (Å²) in [6.07, 6.45) is 0. The number of hydrogen-bond acceptors (Lipinski definition) is 6. The molecule has 3 heterocycles. The SMILES string of the molecule is N#CC1=C(N)N2C(=C(C#N)[C@@H]1c1ccsc1)Nc1ccccc12. The third kappa shape index (κ3) is 1.76.